The Morgan fingerprint density at radius 3 is 2.67 bits per heavy atom. The largest absolute Gasteiger partial charge is 0.338 e. The molecule has 3 nitrogen and oxygen atoms in total. The average Bonchev–Trinajstić information content (AvgIpc) is 2.62. The van der Waals surface area contributed by atoms with Gasteiger partial charge in [0.05, 0.1) is 11.2 Å². The summed E-state index contributed by atoms with van der Waals surface area (Å²) in [4.78, 5) is 12.1. The zero-order valence-electron chi connectivity index (χ0n) is 13.7. The molecule has 0 spiro atoms. The topological polar surface area (TPSA) is 29.0 Å². The number of halogens is 1. The number of nitrogens with zero attached hydrogens (tertiary/aromatic N) is 3. The van der Waals surface area contributed by atoms with Gasteiger partial charge in [-0.1, -0.05) is 41.9 Å². The van der Waals surface area contributed by atoms with E-state index in [-0.39, 0.29) is 0 Å². The maximum atomic E-state index is 6.22. The van der Waals surface area contributed by atoms with Gasteiger partial charge in [-0.15, -0.1) is 0 Å². The summed E-state index contributed by atoms with van der Waals surface area (Å²) in [5, 5.41) is 1.71. The zero-order valence-corrected chi connectivity index (χ0v) is 14.5. The molecule has 122 valence electrons. The lowest BCUT2D eigenvalue weighted by atomic mass is 10.0. The molecule has 0 amide bonds. The first kappa shape index (κ1) is 15.4. The Bertz CT molecular complexity index is 863. The third kappa shape index (κ3) is 2.84. The molecule has 24 heavy (non-hydrogen) atoms. The Kier molecular flexibility index (Phi) is 4.11. The van der Waals surface area contributed by atoms with Gasteiger partial charge < -0.3 is 4.90 Å². The molecule has 1 fully saturated rings. The molecule has 1 atom stereocenters. The summed E-state index contributed by atoms with van der Waals surface area (Å²) in [6.07, 6.45) is 3.68. The number of hydrogen-bond donors (Lipinski definition) is 0. The van der Waals surface area contributed by atoms with Crippen LogP contribution in [0.3, 0.4) is 0 Å². The molecule has 2 aromatic carbocycles. The van der Waals surface area contributed by atoms with E-state index >= 15 is 0 Å². The van der Waals surface area contributed by atoms with Gasteiger partial charge in [-0.25, -0.2) is 9.97 Å². The van der Waals surface area contributed by atoms with Crippen molar-refractivity contribution >= 4 is 28.5 Å². The second-order valence-corrected chi connectivity index (χ2v) is 6.87. The standard InChI is InChI=1S/C20H20ClN3/c1-14-7-5-6-12-24(14)20-22-18-11-10-16(21)13-17(18)19(23-20)15-8-3-2-4-9-15/h2-4,8-11,13-14H,5-7,12H2,1H3. The third-order valence-electron chi connectivity index (χ3n) is 4.75. The monoisotopic (exact) mass is 337 g/mol. The van der Waals surface area contributed by atoms with Crippen LogP contribution < -0.4 is 4.90 Å². The fourth-order valence-electron chi connectivity index (χ4n) is 3.43. The second kappa shape index (κ2) is 6.40. The summed E-state index contributed by atoms with van der Waals surface area (Å²) in [5.74, 6) is 0.830. The Hall–Kier alpha value is -2.13. The van der Waals surface area contributed by atoms with E-state index in [0.717, 1.165) is 34.7 Å². The molecular formula is C20H20ClN3. The molecule has 0 N–H and O–H groups in total. The first-order chi connectivity index (χ1) is 11.7. The molecule has 0 bridgehead atoms. The summed E-state index contributed by atoms with van der Waals surface area (Å²) >= 11 is 6.22. The molecule has 4 heteroatoms. The molecule has 1 aliphatic rings. The Labute approximate surface area is 147 Å². The number of benzene rings is 2. The van der Waals surface area contributed by atoms with E-state index < -0.39 is 0 Å². The minimum absolute atomic E-state index is 0.479. The summed E-state index contributed by atoms with van der Waals surface area (Å²) in [6, 6.07) is 16.6. The van der Waals surface area contributed by atoms with Crippen LogP contribution >= 0.6 is 11.6 Å². The van der Waals surface area contributed by atoms with Crippen molar-refractivity contribution in [3.05, 3.63) is 53.6 Å². The Morgan fingerprint density at radius 2 is 1.88 bits per heavy atom. The van der Waals surface area contributed by atoms with E-state index in [2.05, 4.69) is 24.0 Å². The molecule has 0 radical (unpaired) electrons. The van der Waals surface area contributed by atoms with E-state index in [4.69, 9.17) is 21.6 Å². The molecule has 4 rings (SSSR count). The van der Waals surface area contributed by atoms with Crippen molar-refractivity contribution in [3.8, 4) is 11.3 Å². The lowest BCUT2D eigenvalue weighted by molar-refractivity contribution is 0.478. The first-order valence-electron chi connectivity index (χ1n) is 8.52. The maximum absolute atomic E-state index is 6.22. The van der Waals surface area contributed by atoms with E-state index in [9.17, 15) is 0 Å². The quantitative estimate of drug-likeness (QED) is 0.633. The molecule has 1 aromatic heterocycles. The van der Waals surface area contributed by atoms with Crippen molar-refractivity contribution in [2.45, 2.75) is 32.2 Å². The number of fused-ring (bicyclic) bond motifs is 1. The molecule has 1 aliphatic heterocycles. The van der Waals surface area contributed by atoms with Crippen LogP contribution in [0, 0.1) is 0 Å². The third-order valence-corrected chi connectivity index (χ3v) is 4.99. The number of piperidine rings is 1. The number of rotatable bonds is 2. The van der Waals surface area contributed by atoms with Crippen LogP contribution in [0.4, 0.5) is 5.95 Å². The van der Waals surface area contributed by atoms with Gasteiger partial charge in [-0.2, -0.15) is 0 Å². The Morgan fingerprint density at radius 1 is 1.04 bits per heavy atom. The average molecular weight is 338 g/mol. The molecular weight excluding hydrogens is 318 g/mol. The van der Waals surface area contributed by atoms with Crippen LogP contribution in [0.15, 0.2) is 48.5 Å². The van der Waals surface area contributed by atoms with Gasteiger partial charge in [0.2, 0.25) is 5.95 Å². The van der Waals surface area contributed by atoms with Gasteiger partial charge in [0.1, 0.15) is 0 Å². The SMILES string of the molecule is CC1CCCCN1c1nc(-c2ccccc2)c2cc(Cl)ccc2n1. The van der Waals surface area contributed by atoms with E-state index in [0.29, 0.717) is 11.1 Å². The highest BCUT2D eigenvalue weighted by Crippen LogP contribution is 2.31. The highest BCUT2D eigenvalue weighted by molar-refractivity contribution is 6.31. The van der Waals surface area contributed by atoms with Crippen LogP contribution in [0.5, 0.6) is 0 Å². The highest BCUT2D eigenvalue weighted by Gasteiger charge is 2.22. The minimum Gasteiger partial charge on any atom is -0.338 e. The van der Waals surface area contributed by atoms with Crippen LogP contribution in [-0.4, -0.2) is 22.6 Å². The lowest BCUT2D eigenvalue weighted by Crippen LogP contribution is -2.38. The predicted molar refractivity (Wildman–Crippen MR) is 101 cm³/mol. The number of hydrogen-bond acceptors (Lipinski definition) is 3. The fourth-order valence-corrected chi connectivity index (χ4v) is 3.60. The molecule has 1 unspecified atom stereocenters. The van der Waals surface area contributed by atoms with Crippen LogP contribution in [0.1, 0.15) is 26.2 Å². The van der Waals surface area contributed by atoms with Crippen molar-refractivity contribution in [3.63, 3.8) is 0 Å². The van der Waals surface area contributed by atoms with Crippen molar-refractivity contribution < 1.29 is 0 Å². The van der Waals surface area contributed by atoms with Crippen LogP contribution in [0.25, 0.3) is 22.2 Å². The van der Waals surface area contributed by atoms with Gasteiger partial charge >= 0.3 is 0 Å². The van der Waals surface area contributed by atoms with Crippen LogP contribution in [0.2, 0.25) is 5.02 Å². The minimum atomic E-state index is 0.479. The molecule has 0 aliphatic carbocycles. The number of aromatic nitrogens is 2. The van der Waals surface area contributed by atoms with Gasteiger partial charge in [0.25, 0.3) is 0 Å². The smallest absolute Gasteiger partial charge is 0.226 e. The number of anilines is 1. The lowest BCUT2D eigenvalue weighted by Gasteiger charge is -2.33. The normalized spacial score (nSPS) is 18.1. The van der Waals surface area contributed by atoms with Crippen molar-refractivity contribution in [1.29, 1.82) is 0 Å². The predicted octanol–water partition coefficient (Wildman–Crippen LogP) is 5.33. The second-order valence-electron chi connectivity index (χ2n) is 6.44. The van der Waals surface area contributed by atoms with E-state index in [1.165, 1.54) is 19.3 Å². The fraction of sp³-hybridized carbons (Fsp3) is 0.300. The van der Waals surface area contributed by atoms with E-state index in [1.54, 1.807) is 0 Å². The van der Waals surface area contributed by atoms with Crippen molar-refractivity contribution in [1.82, 2.24) is 9.97 Å². The molecule has 3 aromatic rings. The molecule has 0 saturated carbocycles. The summed E-state index contributed by atoms with van der Waals surface area (Å²) in [5.41, 5.74) is 3.00. The summed E-state index contributed by atoms with van der Waals surface area (Å²) in [7, 11) is 0. The van der Waals surface area contributed by atoms with Crippen molar-refractivity contribution in [2.24, 2.45) is 0 Å². The zero-order chi connectivity index (χ0) is 16.5. The Balaban J connectivity index is 1.92. The highest BCUT2D eigenvalue weighted by atomic mass is 35.5. The van der Waals surface area contributed by atoms with E-state index in [1.807, 2.05) is 36.4 Å². The molecule has 2 heterocycles. The van der Waals surface area contributed by atoms with Gasteiger partial charge in [0.15, 0.2) is 0 Å². The summed E-state index contributed by atoms with van der Waals surface area (Å²) in [6.45, 7) is 3.28. The first-order valence-corrected chi connectivity index (χ1v) is 8.89. The van der Waals surface area contributed by atoms with Crippen molar-refractivity contribution in [2.75, 3.05) is 11.4 Å². The maximum Gasteiger partial charge on any atom is 0.226 e. The molecule has 1 saturated heterocycles. The van der Waals surface area contributed by atoms with Gasteiger partial charge in [-0.3, -0.25) is 0 Å². The van der Waals surface area contributed by atoms with Gasteiger partial charge in [0, 0.05) is 28.6 Å². The van der Waals surface area contributed by atoms with Crippen LogP contribution in [-0.2, 0) is 0 Å². The van der Waals surface area contributed by atoms with Gasteiger partial charge in [-0.05, 0) is 44.4 Å². The summed E-state index contributed by atoms with van der Waals surface area (Å²) < 4.78 is 0.